The van der Waals surface area contributed by atoms with Gasteiger partial charge in [0, 0.05) is 13.1 Å². The van der Waals surface area contributed by atoms with Crippen molar-refractivity contribution >= 4 is 23.1 Å². The SMILES string of the molecule is Cc1ccc2oc(N3CCC(C(=O)O)C3)nc2c1. The Balaban J connectivity index is 1.89. The third-order valence-corrected chi connectivity index (χ3v) is 3.34. The zero-order valence-corrected chi connectivity index (χ0v) is 10.1. The van der Waals surface area contributed by atoms with E-state index in [-0.39, 0.29) is 5.92 Å². The van der Waals surface area contributed by atoms with E-state index in [2.05, 4.69) is 4.98 Å². The van der Waals surface area contributed by atoms with Crippen molar-refractivity contribution in [1.82, 2.24) is 4.98 Å². The number of carboxylic acid groups (broad SMARTS) is 1. The smallest absolute Gasteiger partial charge is 0.308 e. The summed E-state index contributed by atoms with van der Waals surface area (Å²) < 4.78 is 5.66. The number of carboxylic acids is 1. The molecule has 18 heavy (non-hydrogen) atoms. The maximum absolute atomic E-state index is 10.9. The first-order valence-electron chi connectivity index (χ1n) is 5.98. The van der Waals surface area contributed by atoms with E-state index in [1.807, 2.05) is 30.0 Å². The summed E-state index contributed by atoms with van der Waals surface area (Å²) in [6.07, 6.45) is 0.646. The Morgan fingerprint density at radius 2 is 2.39 bits per heavy atom. The van der Waals surface area contributed by atoms with Gasteiger partial charge in [0.05, 0.1) is 5.92 Å². The van der Waals surface area contributed by atoms with Crippen LogP contribution in [0.5, 0.6) is 0 Å². The van der Waals surface area contributed by atoms with Crippen LogP contribution in [0.25, 0.3) is 11.1 Å². The number of fused-ring (bicyclic) bond motifs is 1. The molecule has 1 atom stereocenters. The Morgan fingerprint density at radius 3 is 3.11 bits per heavy atom. The predicted octanol–water partition coefficient (Wildman–Crippen LogP) is 2.05. The molecule has 1 aromatic carbocycles. The summed E-state index contributed by atoms with van der Waals surface area (Å²) in [6.45, 7) is 3.16. The highest BCUT2D eigenvalue weighted by Crippen LogP contribution is 2.27. The van der Waals surface area contributed by atoms with Crippen LogP contribution in [0.15, 0.2) is 22.6 Å². The Bertz CT molecular complexity index is 605. The molecule has 0 bridgehead atoms. The topological polar surface area (TPSA) is 66.6 Å². The van der Waals surface area contributed by atoms with Gasteiger partial charge in [-0.05, 0) is 31.0 Å². The molecule has 2 aromatic rings. The van der Waals surface area contributed by atoms with Gasteiger partial charge in [0.15, 0.2) is 5.58 Å². The average Bonchev–Trinajstić information content (AvgIpc) is 2.93. The molecule has 0 spiro atoms. The molecule has 2 heterocycles. The number of benzene rings is 1. The molecule has 1 aliphatic rings. The summed E-state index contributed by atoms with van der Waals surface area (Å²) in [5.74, 6) is -1.06. The van der Waals surface area contributed by atoms with Gasteiger partial charge in [0.25, 0.3) is 6.01 Å². The molecular formula is C13H14N2O3. The van der Waals surface area contributed by atoms with E-state index >= 15 is 0 Å². The van der Waals surface area contributed by atoms with Gasteiger partial charge in [-0.15, -0.1) is 0 Å². The highest BCUT2D eigenvalue weighted by atomic mass is 16.4. The molecule has 3 rings (SSSR count). The number of nitrogens with zero attached hydrogens (tertiary/aromatic N) is 2. The lowest BCUT2D eigenvalue weighted by atomic mass is 10.1. The lowest BCUT2D eigenvalue weighted by Gasteiger charge is -2.11. The molecule has 0 saturated carbocycles. The van der Waals surface area contributed by atoms with Crippen molar-refractivity contribution in [3.63, 3.8) is 0 Å². The molecule has 0 amide bonds. The minimum Gasteiger partial charge on any atom is -0.481 e. The van der Waals surface area contributed by atoms with Crippen molar-refractivity contribution in [3.8, 4) is 0 Å². The fourth-order valence-corrected chi connectivity index (χ4v) is 2.30. The van der Waals surface area contributed by atoms with Crippen LogP contribution in [0.2, 0.25) is 0 Å². The number of rotatable bonds is 2. The maximum atomic E-state index is 10.9. The zero-order chi connectivity index (χ0) is 12.7. The number of hydrogen-bond donors (Lipinski definition) is 1. The predicted molar refractivity (Wildman–Crippen MR) is 66.7 cm³/mol. The Hall–Kier alpha value is -2.04. The molecular weight excluding hydrogens is 232 g/mol. The lowest BCUT2D eigenvalue weighted by Crippen LogP contribution is -2.22. The second-order valence-corrected chi connectivity index (χ2v) is 4.74. The lowest BCUT2D eigenvalue weighted by molar-refractivity contribution is -0.140. The Kier molecular flexibility index (Phi) is 2.47. The third-order valence-electron chi connectivity index (χ3n) is 3.34. The zero-order valence-electron chi connectivity index (χ0n) is 10.1. The molecule has 94 valence electrons. The van der Waals surface area contributed by atoms with E-state index in [1.165, 1.54) is 0 Å². The molecule has 0 radical (unpaired) electrons. The van der Waals surface area contributed by atoms with Gasteiger partial charge >= 0.3 is 5.97 Å². The standard InChI is InChI=1S/C13H14N2O3/c1-8-2-3-11-10(6-8)14-13(18-11)15-5-4-9(7-15)12(16)17/h2-3,6,9H,4-5,7H2,1H3,(H,16,17). The van der Waals surface area contributed by atoms with E-state index in [1.54, 1.807) is 0 Å². The molecule has 1 aromatic heterocycles. The van der Waals surface area contributed by atoms with E-state index in [0.717, 1.165) is 16.7 Å². The molecule has 5 nitrogen and oxygen atoms in total. The van der Waals surface area contributed by atoms with Crippen molar-refractivity contribution in [2.24, 2.45) is 5.92 Å². The highest BCUT2D eigenvalue weighted by molar-refractivity contribution is 5.76. The molecule has 1 unspecified atom stereocenters. The number of aliphatic carboxylic acids is 1. The van der Waals surface area contributed by atoms with Gasteiger partial charge in [-0.25, -0.2) is 0 Å². The fourth-order valence-electron chi connectivity index (χ4n) is 2.30. The van der Waals surface area contributed by atoms with Crippen molar-refractivity contribution in [3.05, 3.63) is 23.8 Å². The molecule has 1 aliphatic heterocycles. The molecule has 0 aliphatic carbocycles. The van der Waals surface area contributed by atoms with Gasteiger partial charge in [-0.3, -0.25) is 4.79 Å². The van der Waals surface area contributed by atoms with E-state index < -0.39 is 5.97 Å². The largest absolute Gasteiger partial charge is 0.481 e. The third kappa shape index (κ3) is 1.81. The first-order chi connectivity index (χ1) is 8.63. The van der Waals surface area contributed by atoms with Gasteiger partial charge in [0.2, 0.25) is 0 Å². The number of carbonyl (C=O) groups is 1. The van der Waals surface area contributed by atoms with Crippen LogP contribution < -0.4 is 4.90 Å². The van der Waals surface area contributed by atoms with Crippen molar-refractivity contribution in [2.45, 2.75) is 13.3 Å². The summed E-state index contributed by atoms with van der Waals surface area (Å²) in [6, 6.07) is 6.36. The minimum absolute atomic E-state index is 0.318. The Labute approximate surface area is 104 Å². The number of aromatic nitrogens is 1. The fraction of sp³-hybridized carbons (Fsp3) is 0.385. The average molecular weight is 246 g/mol. The monoisotopic (exact) mass is 246 g/mol. The van der Waals surface area contributed by atoms with Crippen LogP contribution in [0.3, 0.4) is 0 Å². The normalized spacial score (nSPS) is 19.6. The summed E-state index contributed by atoms with van der Waals surface area (Å²) in [5, 5.41) is 8.98. The summed E-state index contributed by atoms with van der Waals surface area (Å²) >= 11 is 0. The van der Waals surface area contributed by atoms with Crippen LogP contribution in [-0.4, -0.2) is 29.1 Å². The quantitative estimate of drug-likeness (QED) is 0.878. The number of oxazole rings is 1. The first kappa shape index (κ1) is 11.1. The highest BCUT2D eigenvalue weighted by Gasteiger charge is 2.30. The summed E-state index contributed by atoms with van der Waals surface area (Å²) in [7, 11) is 0. The van der Waals surface area contributed by atoms with E-state index in [0.29, 0.717) is 25.5 Å². The molecule has 1 saturated heterocycles. The van der Waals surface area contributed by atoms with Crippen LogP contribution in [0.1, 0.15) is 12.0 Å². The van der Waals surface area contributed by atoms with Crippen molar-refractivity contribution in [1.29, 1.82) is 0 Å². The number of hydrogen-bond acceptors (Lipinski definition) is 4. The minimum atomic E-state index is -0.746. The van der Waals surface area contributed by atoms with E-state index in [4.69, 9.17) is 9.52 Å². The van der Waals surface area contributed by atoms with Gasteiger partial charge < -0.3 is 14.4 Å². The van der Waals surface area contributed by atoms with E-state index in [9.17, 15) is 4.79 Å². The first-order valence-corrected chi connectivity index (χ1v) is 5.98. The Morgan fingerprint density at radius 1 is 1.56 bits per heavy atom. The van der Waals surface area contributed by atoms with Crippen LogP contribution >= 0.6 is 0 Å². The maximum Gasteiger partial charge on any atom is 0.308 e. The van der Waals surface area contributed by atoms with Gasteiger partial charge in [0.1, 0.15) is 5.52 Å². The van der Waals surface area contributed by atoms with Crippen molar-refractivity contribution < 1.29 is 14.3 Å². The second-order valence-electron chi connectivity index (χ2n) is 4.74. The number of aryl methyl sites for hydroxylation is 1. The second kappa shape index (κ2) is 4.01. The molecule has 1 fully saturated rings. The van der Waals surface area contributed by atoms with Gasteiger partial charge in [-0.2, -0.15) is 4.98 Å². The van der Waals surface area contributed by atoms with Crippen LogP contribution in [0.4, 0.5) is 6.01 Å². The van der Waals surface area contributed by atoms with Crippen LogP contribution in [-0.2, 0) is 4.79 Å². The van der Waals surface area contributed by atoms with Crippen LogP contribution in [0, 0.1) is 12.8 Å². The summed E-state index contributed by atoms with van der Waals surface area (Å²) in [4.78, 5) is 17.2. The van der Waals surface area contributed by atoms with Crippen molar-refractivity contribution in [2.75, 3.05) is 18.0 Å². The number of anilines is 1. The summed E-state index contributed by atoms with van der Waals surface area (Å²) in [5.41, 5.74) is 2.70. The molecule has 5 heteroatoms. The molecule has 1 N–H and O–H groups in total. The van der Waals surface area contributed by atoms with Gasteiger partial charge in [-0.1, -0.05) is 6.07 Å².